The van der Waals surface area contributed by atoms with Gasteiger partial charge in [0, 0.05) is 19.2 Å². The lowest BCUT2D eigenvalue weighted by Crippen LogP contribution is -2.32. The van der Waals surface area contributed by atoms with Crippen LogP contribution in [-0.2, 0) is 14.3 Å². The Bertz CT molecular complexity index is 1020. The molecule has 7 heteroatoms. The first-order valence-electron chi connectivity index (χ1n) is 10.2. The number of hydrogen-bond acceptors (Lipinski definition) is 5. The summed E-state index contributed by atoms with van der Waals surface area (Å²) in [6.07, 6.45) is 0.834. The summed E-state index contributed by atoms with van der Waals surface area (Å²) in [4.78, 5) is 27.1. The van der Waals surface area contributed by atoms with Gasteiger partial charge in [0.25, 0.3) is 11.7 Å². The number of halogens is 1. The van der Waals surface area contributed by atoms with Gasteiger partial charge in [-0.25, -0.2) is 4.39 Å². The van der Waals surface area contributed by atoms with Crippen molar-refractivity contribution in [3.63, 3.8) is 0 Å². The first kappa shape index (κ1) is 22.5. The van der Waals surface area contributed by atoms with Crippen LogP contribution in [0.3, 0.4) is 0 Å². The Morgan fingerprint density at radius 1 is 1.16 bits per heavy atom. The molecule has 0 aromatic heterocycles. The fraction of sp³-hybridized carbons (Fsp3) is 0.333. The molecule has 1 atom stereocenters. The molecular weight excluding hydrogens is 401 g/mol. The van der Waals surface area contributed by atoms with Crippen molar-refractivity contribution < 1.29 is 28.6 Å². The van der Waals surface area contributed by atoms with Gasteiger partial charge in [0.2, 0.25) is 0 Å². The third-order valence-electron chi connectivity index (χ3n) is 5.15. The largest absolute Gasteiger partial charge is 0.507 e. The average Bonchev–Trinajstić information content (AvgIpc) is 3.02. The van der Waals surface area contributed by atoms with E-state index in [0.29, 0.717) is 23.5 Å². The lowest BCUT2D eigenvalue weighted by molar-refractivity contribution is -0.140. The van der Waals surface area contributed by atoms with E-state index in [1.807, 2.05) is 6.92 Å². The Labute approximate surface area is 180 Å². The SMILES string of the molecule is CCCOc1cccc(C2/C(=C(/O)c3ccc(F)c(C)c3)C(=O)C(=O)N2CCOC)c1. The molecule has 1 unspecified atom stereocenters. The normalized spacial score (nSPS) is 17.9. The Balaban J connectivity index is 2.14. The maximum atomic E-state index is 13.7. The Morgan fingerprint density at radius 2 is 1.94 bits per heavy atom. The number of nitrogens with zero attached hydrogens (tertiary/aromatic N) is 1. The summed E-state index contributed by atoms with van der Waals surface area (Å²) >= 11 is 0. The van der Waals surface area contributed by atoms with E-state index in [2.05, 4.69) is 0 Å². The first-order chi connectivity index (χ1) is 14.9. The fourth-order valence-corrected chi connectivity index (χ4v) is 3.59. The number of aliphatic hydroxyl groups excluding tert-OH is 1. The van der Waals surface area contributed by atoms with Crippen molar-refractivity contribution in [3.05, 3.63) is 70.5 Å². The molecule has 0 saturated carbocycles. The van der Waals surface area contributed by atoms with Gasteiger partial charge in [-0.15, -0.1) is 0 Å². The van der Waals surface area contributed by atoms with Crippen molar-refractivity contribution in [2.75, 3.05) is 26.9 Å². The zero-order valence-corrected chi connectivity index (χ0v) is 17.9. The number of likely N-dealkylation sites (tertiary alicyclic amines) is 1. The fourth-order valence-electron chi connectivity index (χ4n) is 3.59. The van der Waals surface area contributed by atoms with Gasteiger partial charge >= 0.3 is 0 Å². The molecule has 31 heavy (non-hydrogen) atoms. The topological polar surface area (TPSA) is 76.1 Å². The molecule has 164 valence electrons. The van der Waals surface area contributed by atoms with Gasteiger partial charge < -0.3 is 19.5 Å². The molecule has 0 aliphatic carbocycles. The summed E-state index contributed by atoms with van der Waals surface area (Å²) < 4.78 is 24.5. The number of hydrogen-bond donors (Lipinski definition) is 1. The van der Waals surface area contributed by atoms with Crippen LogP contribution in [0.25, 0.3) is 5.76 Å². The molecule has 1 heterocycles. The molecule has 1 aliphatic rings. The van der Waals surface area contributed by atoms with E-state index in [9.17, 15) is 19.1 Å². The van der Waals surface area contributed by atoms with Crippen LogP contribution in [0, 0.1) is 12.7 Å². The molecule has 1 aliphatic heterocycles. The second-order valence-corrected chi connectivity index (χ2v) is 7.37. The number of aliphatic hydroxyl groups is 1. The number of amides is 1. The molecule has 2 aromatic rings. The van der Waals surface area contributed by atoms with Crippen LogP contribution in [0.2, 0.25) is 0 Å². The molecule has 2 aromatic carbocycles. The van der Waals surface area contributed by atoms with Crippen LogP contribution in [-0.4, -0.2) is 48.6 Å². The maximum Gasteiger partial charge on any atom is 0.295 e. The summed E-state index contributed by atoms with van der Waals surface area (Å²) in [5.41, 5.74) is 1.18. The molecule has 1 amide bonds. The zero-order valence-electron chi connectivity index (χ0n) is 17.9. The quantitative estimate of drug-likeness (QED) is 0.392. The van der Waals surface area contributed by atoms with Gasteiger partial charge in [0.1, 0.15) is 17.3 Å². The number of carbonyl (C=O) groups is 2. The second kappa shape index (κ2) is 9.75. The molecule has 0 bridgehead atoms. The smallest absolute Gasteiger partial charge is 0.295 e. The van der Waals surface area contributed by atoms with Crippen molar-refractivity contribution in [3.8, 4) is 5.75 Å². The van der Waals surface area contributed by atoms with Crippen molar-refractivity contribution >= 4 is 17.4 Å². The number of ether oxygens (including phenoxy) is 2. The van der Waals surface area contributed by atoms with Gasteiger partial charge in [-0.3, -0.25) is 9.59 Å². The van der Waals surface area contributed by atoms with E-state index < -0.39 is 23.5 Å². The van der Waals surface area contributed by atoms with Crippen LogP contribution in [0.1, 0.15) is 36.1 Å². The first-order valence-corrected chi connectivity index (χ1v) is 10.2. The van der Waals surface area contributed by atoms with Crippen LogP contribution in [0.5, 0.6) is 5.75 Å². The minimum absolute atomic E-state index is 0.0419. The van der Waals surface area contributed by atoms with Crippen LogP contribution in [0.4, 0.5) is 4.39 Å². The summed E-state index contributed by atoms with van der Waals surface area (Å²) in [5.74, 6) is -1.67. The maximum absolute atomic E-state index is 13.7. The molecule has 0 spiro atoms. The Hall–Kier alpha value is -3.19. The number of benzene rings is 2. The van der Waals surface area contributed by atoms with Crippen molar-refractivity contribution in [2.45, 2.75) is 26.3 Å². The molecular formula is C24H26FNO5. The van der Waals surface area contributed by atoms with Gasteiger partial charge in [-0.2, -0.15) is 0 Å². The number of Topliss-reactive ketones (excluding diaryl/α,β-unsaturated/α-hetero) is 1. The predicted molar refractivity (Wildman–Crippen MR) is 114 cm³/mol. The third kappa shape index (κ3) is 4.61. The second-order valence-electron chi connectivity index (χ2n) is 7.37. The lowest BCUT2D eigenvalue weighted by atomic mass is 9.94. The van der Waals surface area contributed by atoms with E-state index in [-0.39, 0.29) is 30.0 Å². The third-order valence-corrected chi connectivity index (χ3v) is 5.15. The van der Waals surface area contributed by atoms with E-state index in [4.69, 9.17) is 9.47 Å². The molecule has 1 saturated heterocycles. The van der Waals surface area contributed by atoms with Crippen LogP contribution < -0.4 is 4.74 Å². The highest BCUT2D eigenvalue weighted by molar-refractivity contribution is 6.46. The summed E-state index contributed by atoms with van der Waals surface area (Å²) in [5, 5.41) is 11.0. The van der Waals surface area contributed by atoms with Gasteiger partial charge in [0.15, 0.2) is 0 Å². The van der Waals surface area contributed by atoms with E-state index in [1.54, 1.807) is 31.2 Å². The predicted octanol–water partition coefficient (Wildman–Crippen LogP) is 3.99. The van der Waals surface area contributed by atoms with Crippen LogP contribution in [0.15, 0.2) is 48.0 Å². The number of carbonyl (C=O) groups excluding carboxylic acids is 2. The Kier molecular flexibility index (Phi) is 7.07. The minimum Gasteiger partial charge on any atom is -0.507 e. The van der Waals surface area contributed by atoms with E-state index in [1.165, 1.54) is 30.2 Å². The van der Waals surface area contributed by atoms with E-state index >= 15 is 0 Å². The highest BCUT2D eigenvalue weighted by atomic mass is 19.1. The number of aryl methyl sites for hydroxylation is 1. The van der Waals surface area contributed by atoms with Crippen LogP contribution >= 0.6 is 0 Å². The summed E-state index contributed by atoms with van der Waals surface area (Å²) in [6.45, 7) is 4.49. The van der Waals surface area contributed by atoms with E-state index in [0.717, 1.165) is 6.42 Å². The number of methoxy groups -OCH3 is 1. The van der Waals surface area contributed by atoms with Crippen molar-refractivity contribution in [1.82, 2.24) is 4.90 Å². The highest BCUT2D eigenvalue weighted by Gasteiger charge is 2.46. The summed E-state index contributed by atoms with van der Waals surface area (Å²) in [7, 11) is 1.51. The average molecular weight is 427 g/mol. The monoisotopic (exact) mass is 427 g/mol. The molecule has 0 radical (unpaired) electrons. The molecule has 1 fully saturated rings. The lowest BCUT2D eigenvalue weighted by Gasteiger charge is -2.25. The summed E-state index contributed by atoms with van der Waals surface area (Å²) in [6, 6.07) is 10.4. The highest BCUT2D eigenvalue weighted by Crippen LogP contribution is 2.40. The standard InChI is InChI=1S/C24H26FNO5/c1-4-11-31-18-7-5-6-16(14-18)21-20(23(28)24(29)26(21)10-12-30-3)22(27)17-8-9-19(25)15(2)13-17/h5-9,13-14,21,27H,4,10-12H2,1-3H3/b22-20-. The number of rotatable bonds is 8. The minimum atomic E-state index is -0.814. The number of ketones is 1. The van der Waals surface area contributed by atoms with Crippen molar-refractivity contribution in [1.29, 1.82) is 0 Å². The van der Waals surface area contributed by atoms with Gasteiger partial charge in [0.05, 0.1) is 24.8 Å². The van der Waals surface area contributed by atoms with Gasteiger partial charge in [-0.05, 0) is 54.8 Å². The molecule has 1 N–H and O–H groups in total. The zero-order chi connectivity index (χ0) is 22.5. The molecule has 3 rings (SSSR count). The van der Waals surface area contributed by atoms with Crippen molar-refractivity contribution in [2.24, 2.45) is 0 Å². The molecule has 6 nitrogen and oxygen atoms in total. The van der Waals surface area contributed by atoms with Gasteiger partial charge in [-0.1, -0.05) is 19.1 Å². The Morgan fingerprint density at radius 3 is 2.61 bits per heavy atom.